The summed E-state index contributed by atoms with van der Waals surface area (Å²) >= 11 is 0. The number of methoxy groups -OCH3 is 1. The molecule has 0 saturated carbocycles. The number of rotatable bonds is 9. The number of benzene rings is 2. The fourth-order valence-corrected chi connectivity index (χ4v) is 2.39. The van der Waals surface area contributed by atoms with E-state index in [0.717, 1.165) is 28.6 Å². The molecule has 2 aromatic carbocycles. The van der Waals surface area contributed by atoms with Gasteiger partial charge in [0.25, 0.3) is 0 Å². The maximum absolute atomic E-state index is 11.9. The van der Waals surface area contributed by atoms with Crippen LogP contribution < -0.4 is 18.9 Å². The van der Waals surface area contributed by atoms with Crippen molar-refractivity contribution in [1.82, 2.24) is 0 Å². The molecular weight excluding hydrogens is 444 g/mol. The minimum atomic E-state index is -0.493. The lowest BCUT2D eigenvalue weighted by molar-refractivity contribution is -0.130. The Balaban J connectivity index is 0.00000111. The van der Waals surface area contributed by atoms with Crippen molar-refractivity contribution in [3.63, 3.8) is 0 Å². The molecule has 0 atom stereocenters. The van der Waals surface area contributed by atoms with Crippen LogP contribution in [-0.2, 0) is 9.59 Å². The minimum absolute atomic E-state index is 0.318. The molecule has 0 aromatic heterocycles. The van der Waals surface area contributed by atoms with Gasteiger partial charge in [-0.3, -0.25) is 4.79 Å². The number of ether oxygens (including phenoxy) is 4. The molecule has 0 aliphatic heterocycles. The van der Waals surface area contributed by atoms with E-state index in [4.69, 9.17) is 18.9 Å². The Hall–Kier alpha value is -4.06. The zero-order valence-electron chi connectivity index (χ0n) is 21.6. The molecule has 35 heavy (non-hydrogen) atoms. The van der Waals surface area contributed by atoms with Gasteiger partial charge in [0.1, 0.15) is 29.3 Å². The molecule has 6 nitrogen and oxygen atoms in total. The summed E-state index contributed by atoms with van der Waals surface area (Å²) in [5, 5.41) is 0. The van der Waals surface area contributed by atoms with Crippen molar-refractivity contribution >= 4 is 12.3 Å². The van der Waals surface area contributed by atoms with E-state index >= 15 is 0 Å². The number of carbonyl (C=O) groups excluding carboxylic acids is 2. The summed E-state index contributed by atoms with van der Waals surface area (Å²) in [6, 6.07) is 10.8. The first-order chi connectivity index (χ1) is 16.5. The Kier molecular flexibility index (Phi) is 11.8. The maximum Gasteiger partial charge on any atom is 0.338 e. The van der Waals surface area contributed by atoms with E-state index in [1.54, 1.807) is 45.6 Å². The Morgan fingerprint density at radius 1 is 0.771 bits per heavy atom. The van der Waals surface area contributed by atoms with Crippen molar-refractivity contribution in [2.75, 3.05) is 7.11 Å². The van der Waals surface area contributed by atoms with Gasteiger partial charge in [0.2, 0.25) is 0 Å². The highest BCUT2D eigenvalue weighted by Crippen LogP contribution is 2.40. The first kappa shape index (κ1) is 29.0. The molecule has 0 N–H and O–H groups in total. The third kappa shape index (κ3) is 10.2. The van der Waals surface area contributed by atoms with Gasteiger partial charge in [-0.15, -0.1) is 0 Å². The summed E-state index contributed by atoms with van der Waals surface area (Å²) in [7, 11) is 1.60. The largest absolute Gasteiger partial charge is 0.497 e. The van der Waals surface area contributed by atoms with Crippen LogP contribution >= 0.6 is 0 Å². The summed E-state index contributed by atoms with van der Waals surface area (Å²) in [4.78, 5) is 21.3. The van der Waals surface area contributed by atoms with E-state index in [1.807, 2.05) is 52.0 Å². The van der Waals surface area contributed by atoms with E-state index in [1.165, 1.54) is 0 Å². The predicted octanol–water partition coefficient (Wildman–Crippen LogP) is 7.21. The Morgan fingerprint density at radius 3 is 1.57 bits per heavy atom. The lowest BCUT2D eigenvalue weighted by atomic mass is 10.0. The Morgan fingerprint density at radius 2 is 1.20 bits per heavy atom. The van der Waals surface area contributed by atoms with Crippen molar-refractivity contribution in [3.8, 4) is 34.1 Å². The van der Waals surface area contributed by atoms with Gasteiger partial charge < -0.3 is 18.9 Å². The van der Waals surface area contributed by atoms with Crippen LogP contribution in [0.15, 0.2) is 84.4 Å². The van der Waals surface area contributed by atoms with Crippen LogP contribution in [0.3, 0.4) is 0 Å². The number of esters is 1. The predicted molar refractivity (Wildman–Crippen MR) is 140 cm³/mol. The SMILES string of the molecule is C=C(C)C(=O)Oc1ccc(-c2ccc(OC)cc2OC=C(C)C)c(OC=C(C)C)c1.C=C(C)C=O. The van der Waals surface area contributed by atoms with E-state index in [9.17, 15) is 9.59 Å². The molecule has 0 spiro atoms. The molecule has 0 aliphatic carbocycles. The summed E-state index contributed by atoms with van der Waals surface area (Å²) in [5.74, 6) is 1.69. The van der Waals surface area contributed by atoms with Crippen molar-refractivity contribution in [3.05, 3.63) is 84.4 Å². The van der Waals surface area contributed by atoms with Crippen LogP contribution in [0.5, 0.6) is 23.0 Å². The van der Waals surface area contributed by atoms with Crippen LogP contribution in [-0.4, -0.2) is 19.4 Å². The fraction of sp³-hybridized carbons (Fsp3) is 0.241. The van der Waals surface area contributed by atoms with E-state index in [0.29, 0.717) is 34.1 Å². The summed E-state index contributed by atoms with van der Waals surface area (Å²) in [6.45, 7) is 17.9. The summed E-state index contributed by atoms with van der Waals surface area (Å²) in [5.41, 5.74) is 4.49. The smallest absolute Gasteiger partial charge is 0.338 e. The molecule has 6 heteroatoms. The zero-order valence-corrected chi connectivity index (χ0v) is 21.6. The highest BCUT2D eigenvalue weighted by molar-refractivity contribution is 5.89. The third-order valence-corrected chi connectivity index (χ3v) is 4.04. The second-order valence-electron chi connectivity index (χ2n) is 8.28. The van der Waals surface area contributed by atoms with Crippen LogP contribution in [0, 0.1) is 0 Å². The van der Waals surface area contributed by atoms with Gasteiger partial charge in [-0.05, 0) is 82.5 Å². The van der Waals surface area contributed by atoms with Crippen LogP contribution in [0.25, 0.3) is 11.1 Å². The van der Waals surface area contributed by atoms with Crippen LogP contribution in [0.2, 0.25) is 0 Å². The van der Waals surface area contributed by atoms with Gasteiger partial charge in [-0.1, -0.05) is 13.2 Å². The van der Waals surface area contributed by atoms with Crippen molar-refractivity contribution in [2.24, 2.45) is 0 Å². The van der Waals surface area contributed by atoms with Crippen LogP contribution in [0.1, 0.15) is 41.5 Å². The van der Waals surface area contributed by atoms with Crippen LogP contribution in [0.4, 0.5) is 0 Å². The second kappa shape index (κ2) is 14.3. The van der Waals surface area contributed by atoms with Gasteiger partial charge in [-0.25, -0.2) is 4.79 Å². The van der Waals surface area contributed by atoms with Gasteiger partial charge in [0, 0.05) is 28.8 Å². The molecule has 186 valence electrons. The molecule has 0 amide bonds. The first-order valence-corrected chi connectivity index (χ1v) is 10.9. The number of aldehydes is 1. The third-order valence-electron chi connectivity index (χ3n) is 4.04. The second-order valence-corrected chi connectivity index (χ2v) is 8.28. The molecule has 0 saturated heterocycles. The topological polar surface area (TPSA) is 71.1 Å². The molecular formula is C29H34O6. The molecule has 0 aliphatic rings. The normalized spacial score (nSPS) is 9.46. The van der Waals surface area contributed by atoms with Crippen molar-refractivity contribution in [2.45, 2.75) is 41.5 Å². The highest BCUT2D eigenvalue weighted by atomic mass is 16.5. The summed E-state index contributed by atoms with van der Waals surface area (Å²) in [6.07, 6.45) is 4.04. The van der Waals surface area contributed by atoms with Crippen molar-refractivity contribution < 1.29 is 28.5 Å². The molecule has 2 rings (SSSR count). The molecule has 2 aromatic rings. The van der Waals surface area contributed by atoms with E-state index < -0.39 is 5.97 Å². The fourth-order valence-electron chi connectivity index (χ4n) is 2.39. The average molecular weight is 479 g/mol. The number of hydrogen-bond donors (Lipinski definition) is 0. The standard InChI is InChI=1S/C25H28O5.C4H6O/c1-16(2)14-28-23-12-19(27-7)8-10-21(23)22-11-9-20(30-25(26)18(5)6)13-24(22)29-15-17(3)4;1-4(2)3-5/h8-15H,5H2,1-4,6-7H3;3H,1H2,2H3. The maximum atomic E-state index is 11.9. The highest BCUT2D eigenvalue weighted by Gasteiger charge is 2.16. The minimum Gasteiger partial charge on any atom is -0.497 e. The van der Waals surface area contributed by atoms with E-state index in [2.05, 4.69) is 13.2 Å². The number of hydrogen-bond acceptors (Lipinski definition) is 6. The van der Waals surface area contributed by atoms with Gasteiger partial charge in [-0.2, -0.15) is 0 Å². The molecule has 0 fully saturated rings. The van der Waals surface area contributed by atoms with Gasteiger partial charge in [0.05, 0.1) is 19.6 Å². The number of carbonyl (C=O) groups is 2. The molecule has 0 heterocycles. The molecule has 0 unspecified atom stereocenters. The van der Waals surface area contributed by atoms with E-state index in [-0.39, 0.29) is 0 Å². The monoisotopic (exact) mass is 478 g/mol. The number of allylic oxidation sites excluding steroid dienone is 3. The zero-order chi connectivity index (χ0) is 26.5. The quantitative estimate of drug-likeness (QED) is 0.125. The van der Waals surface area contributed by atoms with Crippen molar-refractivity contribution in [1.29, 1.82) is 0 Å². The van der Waals surface area contributed by atoms with Gasteiger partial charge in [0.15, 0.2) is 0 Å². The average Bonchev–Trinajstić information content (AvgIpc) is 2.81. The Labute approximate surface area is 208 Å². The lowest BCUT2D eigenvalue weighted by Gasteiger charge is -2.15. The molecule has 0 bridgehead atoms. The summed E-state index contributed by atoms with van der Waals surface area (Å²) < 4.78 is 22.5. The Bertz CT molecular complexity index is 1130. The molecule has 0 radical (unpaired) electrons. The van der Waals surface area contributed by atoms with Gasteiger partial charge >= 0.3 is 5.97 Å². The lowest BCUT2D eigenvalue weighted by Crippen LogP contribution is -2.08. The first-order valence-electron chi connectivity index (χ1n) is 10.9.